The Balaban J connectivity index is 1.91. The van der Waals surface area contributed by atoms with Gasteiger partial charge in [-0.1, -0.05) is 6.92 Å². The average molecular weight is 240 g/mol. The van der Waals surface area contributed by atoms with Crippen molar-refractivity contribution in [2.45, 2.75) is 51.1 Å². The molecule has 4 atom stereocenters. The summed E-state index contributed by atoms with van der Waals surface area (Å²) in [5.41, 5.74) is 5.77. The summed E-state index contributed by atoms with van der Waals surface area (Å²) in [6.45, 7) is 5.59. The van der Waals surface area contributed by atoms with E-state index in [1.165, 1.54) is 0 Å². The molecule has 0 bridgehead atoms. The maximum absolute atomic E-state index is 12.3. The molecule has 0 aromatic heterocycles. The minimum atomic E-state index is -0.156. The molecule has 17 heavy (non-hydrogen) atoms. The third-order valence-corrected chi connectivity index (χ3v) is 4.19. The molecule has 1 saturated carbocycles. The Hall–Kier alpha value is -0.610. The zero-order valence-electron chi connectivity index (χ0n) is 10.9. The molecule has 2 fully saturated rings. The van der Waals surface area contributed by atoms with Crippen molar-refractivity contribution in [2.24, 2.45) is 17.6 Å². The van der Waals surface area contributed by atoms with Gasteiger partial charge in [-0.25, -0.2) is 0 Å². The van der Waals surface area contributed by atoms with E-state index >= 15 is 0 Å². The van der Waals surface area contributed by atoms with Gasteiger partial charge in [0.25, 0.3) is 0 Å². The molecule has 4 unspecified atom stereocenters. The number of nitrogens with two attached hydrogens (primary N) is 1. The SMILES string of the molecule is CC1CC(N)CCC1C(=O)NC1(C)CCOC1. The zero-order valence-corrected chi connectivity index (χ0v) is 10.9. The van der Waals surface area contributed by atoms with Gasteiger partial charge in [0.15, 0.2) is 0 Å². The highest BCUT2D eigenvalue weighted by atomic mass is 16.5. The number of nitrogens with one attached hydrogen (secondary N) is 1. The fourth-order valence-corrected chi connectivity index (χ4v) is 2.98. The van der Waals surface area contributed by atoms with Crippen molar-refractivity contribution in [3.8, 4) is 0 Å². The van der Waals surface area contributed by atoms with Crippen LogP contribution in [0.4, 0.5) is 0 Å². The second-order valence-electron chi connectivity index (χ2n) is 6.01. The lowest BCUT2D eigenvalue weighted by Gasteiger charge is -2.34. The highest BCUT2D eigenvalue weighted by Gasteiger charge is 2.36. The summed E-state index contributed by atoms with van der Waals surface area (Å²) in [4.78, 5) is 12.3. The molecule has 1 heterocycles. The van der Waals surface area contributed by atoms with Crippen LogP contribution in [-0.2, 0) is 9.53 Å². The summed E-state index contributed by atoms with van der Waals surface area (Å²) in [6, 6.07) is 0.277. The molecule has 1 aliphatic heterocycles. The van der Waals surface area contributed by atoms with Crippen molar-refractivity contribution in [1.29, 1.82) is 0 Å². The van der Waals surface area contributed by atoms with Crippen LogP contribution in [0.1, 0.15) is 39.5 Å². The van der Waals surface area contributed by atoms with Crippen LogP contribution in [0.15, 0.2) is 0 Å². The molecule has 2 aliphatic rings. The van der Waals surface area contributed by atoms with Crippen LogP contribution in [0, 0.1) is 11.8 Å². The minimum Gasteiger partial charge on any atom is -0.379 e. The van der Waals surface area contributed by atoms with Gasteiger partial charge in [-0.3, -0.25) is 4.79 Å². The Labute approximate surface area is 103 Å². The Morgan fingerprint density at radius 2 is 2.24 bits per heavy atom. The van der Waals surface area contributed by atoms with Crippen molar-refractivity contribution in [3.63, 3.8) is 0 Å². The fraction of sp³-hybridized carbons (Fsp3) is 0.923. The maximum atomic E-state index is 12.3. The smallest absolute Gasteiger partial charge is 0.223 e. The molecule has 4 nitrogen and oxygen atoms in total. The Kier molecular flexibility index (Phi) is 3.73. The summed E-state index contributed by atoms with van der Waals surface area (Å²) in [5, 5.41) is 3.17. The molecular formula is C13H24N2O2. The van der Waals surface area contributed by atoms with Crippen LogP contribution in [0.2, 0.25) is 0 Å². The topological polar surface area (TPSA) is 64.4 Å². The average Bonchev–Trinajstić information content (AvgIpc) is 2.64. The molecule has 0 spiro atoms. The molecular weight excluding hydrogens is 216 g/mol. The van der Waals surface area contributed by atoms with Crippen molar-refractivity contribution in [2.75, 3.05) is 13.2 Å². The molecule has 0 aromatic rings. The van der Waals surface area contributed by atoms with Crippen LogP contribution in [-0.4, -0.2) is 30.7 Å². The fourth-order valence-electron chi connectivity index (χ4n) is 2.98. The van der Waals surface area contributed by atoms with Crippen molar-refractivity contribution in [1.82, 2.24) is 5.32 Å². The van der Waals surface area contributed by atoms with E-state index in [0.717, 1.165) is 32.3 Å². The van der Waals surface area contributed by atoms with Crippen LogP contribution < -0.4 is 11.1 Å². The Morgan fingerprint density at radius 3 is 2.82 bits per heavy atom. The Bertz CT molecular complexity index is 287. The summed E-state index contributed by atoms with van der Waals surface area (Å²) < 4.78 is 5.36. The van der Waals surface area contributed by atoms with E-state index in [1.807, 2.05) is 0 Å². The van der Waals surface area contributed by atoms with Gasteiger partial charge >= 0.3 is 0 Å². The first kappa shape index (κ1) is 12.8. The molecule has 1 saturated heterocycles. The molecule has 4 heteroatoms. The lowest BCUT2D eigenvalue weighted by atomic mass is 9.77. The van der Waals surface area contributed by atoms with Crippen molar-refractivity contribution < 1.29 is 9.53 Å². The number of amides is 1. The second-order valence-corrected chi connectivity index (χ2v) is 6.01. The summed E-state index contributed by atoms with van der Waals surface area (Å²) in [7, 11) is 0. The molecule has 1 amide bonds. The van der Waals surface area contributed by atoms with E-state index in [2.05, 4.69) is 19.2 Å². The molecule has 2 rings (SSSR count). The highest BCUT2D eigenvalue weighted by molar-refractivity contribution is 5.79. The predicted octanol–water partition coefficient (Wildman–Crippen LogP) is 1.05. The number of ether oxygens (including phenoxy) is 1. The molecule has 3 N–H and O–H groups in total. The van der Waals surface area contributed by atoms with E-state index in [0.29, 0.717) is 12.5 Å². The van der Waals surface area contributed by atoms with Gasteiger partial charge in [0.2, 0.25) is 5.91 Å². The normalized spacial score (nSPS) is 42.4. The van der Waals surface area contributed by atoms with Crippen LogP contribution >= 0.6 is 0 Å². The van der Waals surface area contributed by atoms with E-state index in [1.54, 1.807) is 0 Å². The van der Waals surface area contributed by atoms with Crippen molar-refractivity contribution in [3.05, 3.63) is 0 Å². The van der Waals surface area contributed by atoms with Gasteiger partial charge in [0.1, 0.15) is 0 Å². The predicted molar refractivity (Wildman–Crippen MR) is 66.5 cm³/mol. The lowest BCUT2D eigenvalue weighted by molar-refractivity contribution is -0.129. The number of hydrogen-bond acceptors (Lipinski definition) is 3. The summed E-state index contributed by atoms with van der Waals surface area (Å²) in [5.74, 6) is 0.717. The van der Waals surface area contributed by atoms with Crippen LogP contribution in [0.25, 0.3) is 0 Å². The molecule has 1 aliphatic carbocycles. The van der Waals surface area contributed by atoms with Gasteiger partial charge in [-0.15, -0.1) is 0 Å². The third kappa shape index (κ3) is 2.99. The van der Waals surface area contributed by atoms with Crippen LogP contribution in [0.5, 0.6) is 0 Å². The second kappa shape index (κ2) is 4.94. The summed E-state index contributed by atoms with van der Waals surface area (Å²) in [6.07, 6.45) is 3.77. The van der Waals surface area contributed by atoms with Gasteiger partial charge in [0, 0.05) is 18.6 Å². The first-order valence-electron chi connectivity index (χ1n) is 6.65. The number of rotatable bonds is 2. The van der Waals surface area contributed by atoms with Crippen LogP contribution in [0.3, 0.4) is 0 Å². The highest BCUT2D eigenvalue weighted by Crippen LogP contribution is 2.30. The number of hydrogen-bond donors (Lipinski definition) is 2. The first-order valence-corrected chi connectivity index (χ1v) is 6.65. The van der Waals surface area contributed by atoms with E-state index < -0.39 is 0 Å². The lowest BCUT2D eigenvalue weighted by Crippen LogP contribution is -2.51. The number of carbonyl (C=O) groups excluding carboxylic acids is 1. The molecule has 0 radical (unpaired) electrons. The maximum Gasteiger partial charge on any atom is 0.223 e. The quantitative estimate of drug-likeness (QED) is 0.758. The minimum absolute atomic E-state index is 0.132. The summed E-state index contributed by atoms with van der Waals surface area (Å²) >= 11 is 0. The monoisotopic (exact) mass is 240 g/mol. The van der Waals surface area contributed by atoms with E-state index in [-0.39, 0.29) is 23.4 Å². The van der Waals surface area contributed by atoms with Crippen molar-refractivity contribution >= 4 is 5.91 Å². The Morgan fingerprint density at radius 1 is 1.47 bits per heavy atom. The van der Waals surface area contributed by atoms with Gasteiger partial charge < -0.3 is 15.8 Å². The zero-order chi connectivity index (χ0) is 12.5. The van der Waals surface area contributed by atoms with Gasteiger partial charge in [-0.2, -0.15) is 0 Å². The molecule has 0 aromatic carbocycles. The standard InChI is InChI=1S/C13H24N2O2/c1-9-7-10(14)3-4-11(9)12(16)15-13(2)5-6-17-8-13/h9-11H,3-8,14H2,1-2H3,(H,15,16). The largest absolute Gasteiger partial charge is 0.379 e. The van der Waals surface area contributed by atoms with E-state index in [9.17, 15) is 4.79 Å². The first-order chi connectivity index (χ1) is 8.00. The molecule has 98 valence electrons. The third-order valence-electron chi connectivity index (χ3n) is 4.19. The van der Waals surface area contributed by atoms with Gasteiger partial charge in [0.05, 0.1) is 12.1 Å². The number of carbonyl (C=O) groups is 1. The van der Waals surface area contributed by atoms with Gasteiger partial charge in [-0.05, 0) is 38.5 Å². The van der Waals surface area contributed by atoms with E-state index in [4.69, 9.17) is 10.5 Å².